The SMILES string of the molecule is CC[Si](CC)(CC)OC(C(=O)/C=C/c1cc2cc(C(=O)OC)oc(=O)c2c(OC)c1OCc1ccccc1)c1c(OC)ccc(OC)c1OCc1ccccc1. The third kappa shape index (κ3) is 9.15. The van der Waals surface area contributed by atoms with Gasteiger partial charge >= 0.3 is 11.6 Å². The molecule has 1 heterocycles. The maximum atomic E-state index is 14.8. The smallest absolute Gasteiger partial charge is 0.374 e. The molecule has 0 N–H and O–H groups in total. The molecule has 0 saturated carbocycles. The van der Waals surface area contributed by atoms with Crippen molar-refractivity contribution in [3.63, 3.8) is 0 Å². The Morgan fingerprint density at radius 3 is 1.82 bits per heavy atom. The van der Waals surface area contributed by atoms with Gasteiger partial charge in [-0.15, -0.1) is 0 Å². The first-order valence-corrected chi connectivity index (χ1v) is 20.9. The van der Waals surface area contributed by atoms with Gasteiger partial charge in [0, 0.05) is 5.56 Å². The highest BCUT2D eigenvalue weighted by Gasteiger charge is 2.38. The predicted octanol–water partition coefficient (Wildman–Crippen LogP) is 9.11. The Bertz CT molecular complexity index is 2200. The monoisotopic (exact) mass is 780 g/mol. The van der Waals surface area contributed by atoms with Crippen LogP contribution in [-0.4, -0.2) is 48.5 Å². The Labute approximate surface area is 327 Å². The second kappa shape index (κ2) is 19.1. The van der Waals surface area contributed by atoms with E-state index < -0.39 is 31.8 Å². The minimum absolute atomic E-state index is 0.0545. The third-order valence-corrected chi connectivity index (χ3v) is 14.4. The van der Waals surface area contributed by atoms with Gasteiger partial charge in [0.1, 0.15) is 30.5 Å². The molecule has 0 aliphatic carbocycles. The molecule has 1 atom stereocenters. The molecule has 1 unspecified atom stereocenters. The van der Waals surface area contributed by atoms with E-state index in [1.807, 2.05) is 60.7 Å². The van der Waals surface area contributed by atoms with Crippen molar-refractivity contribution < 1.29 is 46.9 Å². The number of methoxy groups -OCH3 is 4. The topological polar surface area (TPSA) is 129 Å². The number of carbonyl (C=O) groups is 2. The van der Waals surface area contributed by atoms with Crippen LogP contribution in [0.25, 0.3) is 16.8 Å². The molecular formula is C44H48O11Si. The first-order valence-electron chi connectivity index (χ1n) is 18.4. The number of fused-ring (bicyclic) bond motifs is 1. The summed E-state index contributed by atoms with van der Waals surface area (Å²) in [6.07, 6.45) is 1.84. The Balaban J connectivity index is 1.69. The highest BCUT2D eigenvalue weighted by molar-refractivity contribution is 6.73. The van der Waals surface area contributed by atoms with E-state index in [0.717, 1.165) is 29.3 Å². The lowest BCUT2D eigenvalue weighted by molar-refractivity contribution is -0.121. The minimum atomic E-state index is -2.49. The molecule has 294 valence electrons. The molecule has 1 aromatic heterocycles. The molecule has 0 aliphatic heterocycles. The van der Waals surface area contributed by atoms with Crippen LogP contribution in [0.2, 0.25) is 18.1 Å². The summed E-state index contributed by atoms with van der Waals surface area (Å²) in [5, 5.41) is 0.366. The lowest BCUT2D eigenvalue weighted by Crippen LogP contribution is -2.39. The average molecular weight is 781 g/mol. The molecular weight excluding hydrogens is 733 g/mol. The molecule has 56 heavy (non-hydrogen) atoms. The van der Waals surface area contributed by atoms with E-state index in [0.29, 0.717) is 33.8 Å². The van der Waals surface area contributed by atoms with Gasteiger partial charge < -0.3 is 37.3 Å². The van der Waals surface area contributed by atoms with Crippen LogP contribution in [0.1, 0.15) is 59.7 Å². The lowest BCUT2D eigenvalue weighted by atomic mass is 10.0. The van der Waals surface area contributed by atoms with Crippen molar-refractivity contribution in [3.05, 3.63) is 129 Å². The first kappa shape index (κ1) is 41.3. The van der Waals surface area contributed by atoms with E-state index in [9.17, 15) is 14.4 Å². The van der Waals surface area contributed by atoms with Gasteiger partial charge in [0.15, 0.2) is 37.1 Å². The highest BCUT2D eigenvalue weighted by atomic mass is 28.4. The van der Waals surface area contributed by atoms with Crippen molar-refractivity contribution in [1.82, 2.24) is 0 Å². The van der Waals surface area contributed by atoms with Gasteiger partial charge in [-0.2, -0.15) is 0 Å². The third-order valence-electron chi connectivity index (χ3n) is 9.84. The zero-order valence-electron chi connectivity index (χ0n) is 32.8. The van der Waals surface area contributed by atoms with E-state index >= 15 is 0 Å². The predicted molar refractivity (Wildman–Crippen MR) is 217 cm³/mol. The van der Waals surface area contributed by atoms with Crippen molar-refractivity contribution in [2.24, 2.45) is 0 Å². The Morgan fingerprint density at radius 2 is 1.29 bits per heavy atom. The summed E-state index contributed by atoms with van der Waals surface area (Å²) in [6, 6.07) is 27.9. The highest BCUT2D eigenvalue weighted by Crippen LogP contribution is 2.46. The Kier molecular flexibility index (Phi) is 14.1. The number of hydrogen-bond acceptors (Lipinski definition) is 11. The number of rotatable bonds is 19. The average Bonchev–Trinajstić information content (AvgIpc) is 3.24. The number of hydrogen-bond donors (Lipinski definition) is 0. The molecule has 0 saturated heterocycles. The fraction of sp³-hybridized carbons (Fsp3) is 0.295. The van der Waals surface area contributed by atoms with Crippen LogP contribution < -0.4 is 29.3 Å². The van der Waals surface area contributed by atoms with Gasteiger partial charge in [-0.05, 0) is 71.1 Å². The van der Waals surface area contributed by atoms with Gasteiger partial charge in [0.05, 0.1) is 34.0 Å². The van der Waals surface area contributed by atoms with Crippen LogP contribution in [0, 0.1) is 0 Å². The molecule has 0 amide bonds. The molecule has 5 aromatic rings. The van der Waals surface area contributed by atoms with Gasteiger partial charge in [-0.3, -0.25) is 4.79 Å². The number of benzene rings is 4. The maximum Gasteiger partial charge on any atom is 0.374 e. The molecule has 0 fully saturated rings. The number of carbonyl (C=O) groups excluding carboxylic acids is 2. The summed E-state index contributed by atoms with van der Waals surface area (Å²) < 4.78 is 47.4. The summed E-state index contributed by atoms with van der Waals surface area (Å²) in [5.74, 6) is -0.120. The molecule has 4 aromatic carbocycles. The summed E-state index contributed by atoms with van der Waals surface area (Å²) >= 11 is 0. The second-order valence-corrected chi connectivity index (χ2v) is 17.6. The zero-order valence-corrected chi connectivity index (χ0v) is 33.8. The molecule has 5 rings (SSSR count). The fourth-order valence-electron chi connectivity index (χ4n) is 6.52. The number of ketones is 1. The summed E-state index contributed by atoms with van der Waals surface area (Å²) in [5.41, 5.74) is 1.75. The van der Waals surface area contributed by atoms with Gasteiger partial charge in [0.25, 0.3) is 0 Å². The maximum absolute atomic E-state index is 14.8. The zero-order chi connectivity index (χ0) is 40.2. The largest absolute Gasteiger partial charge is 0.496 e. The molecule has 0 spiro atoms. The quantitative estimate of drug-likeness (QED) is 0.0452. The molecule has 0 aliphatic rings. The Hall–Kier alpha value is -5.85. The number of ether oxygens (including phenoxy) is 6. The van der Waals surface area contributed by atoms with E-state index in [-0.39, 0.29) is 35.9 Å². The van der Waals surface area contributed by atoms with Crippen LogP contribution in [0.15, 0.2) is 100 Å². The van der Waals surface area contributed by atoms with E-state index in [1.54, 1.807) is 24.3 Å². The normalized spacial score (nSPS) is 12.0. The fourth-order valence-corrected chi connectivity index (χ4v) is 9.25. The molecule has 0 radical (unpaired) electrons. The first-order chi connectivity index (χ1) is 27.2. The molecule has 12 heteroatoms. The second-order valence-electron chi connectivity index (χ2n) is 12.9. The molecule has 11 nitrogen and oxygen atoms in total. The summed E-state index contributed by atoms with van der Waals surface area (Å²) in [6.45, 7) is 6.58. The van der Waals surface area contributed by atoms with E-state index in [1.165, 1.54) is 40.6 Å². The van der Waals surface area contributed by atoms with Crippen molar-refractivity contribution in [2.45, 2.75) is 58.2 Å². The Morgan fingerprint density at radius 1 is 0.714 bits per heavy atom. The van der Waals surface area contributed by atoms with Crippen LogP contribution in [-0.2, 0) is 27.2 Å². The van der Waals surface area contributed by atoms with E-state index in [4.69, 9.17) is 37.3 Å². The van der Waals surface area contributed by atoms with Gasteiger partial charge in [-0.1, -0.05) is 81.4 Å². The minimum Gasteiger partial charge on any atom is -0.496 e. The van der Waals surface area contributed by atoms with Gasteiger partial charge in [0.2, 0.25) is 5.76 Å². The van der Waals surface area contributed by atoms with Crippen molar-refractivity contribution in [1.29, 1.82) is 0 Å². The van der Waals surface area contributed by atoms with E-state index in [2.05, 4.69) is 20.8 Å². The lowest BCUT2D eigenvalue weighted by Gasteiger charge is -2.33. The van der Waals surface area contributed by atoms with Crippen LogP contribution in [0.4, 0.5) is 0 Å². The summed E-state index contributed by atoms with van der Waals surface area (Å²) in [7, 11) is 3.17. The van der Waals surface area contributed by atoms with Crippen LogP contribution in [0.3, 0.4) is 0 Å². The van der Waals surface area contributed by atoms with Crippen molar-refractivity contribution in [3.8, 4) is 28.7 Å². The number of esters is 1. The van der Waals surface area contributed by atoms with Crippen LogP contribution >= 0.6 is 0 Å². The molecule has 0 bridgehead atoms. The van der Waals surface area contributed by atoms with Crippen molar-refractivity contribution in [2.75, 3.05) is 28.4 Å². The van der Waals surface area contributed by atoms with Crippen molar-refractivity contribution >= 4 is 36.9 Å². The van der Waals surface area contributed by atoms with Crippen LogP contribution in [0.5, 0.6) is 28.7 Å². The van der Waals surface area contributed by atoms with Gasteiger partial charge in [-0.25, -0.2) is 9.59 Å². The summed E-state index contributed by atoms with van der Waals surface area (Å²) in [4.78, 5) is 40.6. The standard InChI is InChI=1S/C44H48O11Si/c1-8-56(9-2,10-3)55-40(38-34(48-4)23-24-35(49-5)41(38)53-28-30-19-15-12-16-20-30)33(45)22-21-31-25-32-26-36(43(46)51-7)54-44(47)37(32)42(50-6)39(31)52-27-29-17-13-11-14-18-29/h11-26,40H,8-10,27-28H2,1-7H3/b22-21+.